The Balaban J connectivity index is 2.69. The minimum Gasteiger partial charge on any atom is -0.399 e. The molecule has 0 aliphatic heterocycles. The first-order valence-electron chi connectivity index (χ1n) is 6.44. The van der Waals surface area contributed by atoms with Gasteiger partial charge in [-0.1, -0.05) is 19.1 Å². The molecule has 4 heteroatoms. The number of nitrogens with two attached hydrogens (primary N) is 1. The Kier molecular flexibility index (Phi) is 5.65. The van der Waals surface area contributed by atoms with E-state index in [1.165, 1.54) is 0 Å². The Morgan fingerprint density at radius 2 is 2.17 bits per heavy atom. The van der Waals surface area contributed by atoms with Crippen LogP contribution < -0.4 is 11.1 Å². The minimum absolute atomic E-state index is 0.0725. The molecular formula is C14H23N3O. The van der Waals surface area contributed by atoms with Gasteiger partial charge in [-0.15, -0.1) is 0 Å². The van der Waals surface area contributed by atoms with Crippen molar-refractivity contribution in [2.45, 2.75) is 33.4 Å². The lowest BCUT2D eigenvalue weighted by molar-refractivity contribution is -0.125. The van der Waals surface area contributed by atoms with Crippen LogP contribution in [0.25, 0.3) is 0 Å². The fourth-order valence-corrected chi connectivity index (χ4v) is 1.94. The molecule has 4 nitrogen and oxygen atoms in total. The van der Waals surface area contributed by atoms with Gasteiger partial charge < -0.3 is 11.1 Å². The molecule has 1 aromatic carbocycles. The SMILES string of the molecule is CCNC(=O)C(C)N(CC)Cc1cccc(N)c1. The molecule has 100 valence electrons. The monoisotopic (exact) mass is 249 g/mol. The van der Waals surface area contributed by atoms with Crippen LogP contribution in [-0.4, -0.2) is 29.9 Å². The van der Waals surface area contributed by atoms with Crippen molar-refractivity contribution in [2.24, 2.45) is 0 Å². The van der Waals surface area contributed by atoms with Gasteiger partial charge in [-0.2, -0.15) is 0 Å². The summed E-state index contributed by atoms with van der Waals surface area (Å²) in [5, 5.41) is 2.85. The highest BCUT2D eigenvalue weighted by Gasteiger charge is 2.19. The van der Waals surface area contributed by atoms with E-state index in [-0.39, 0.29) is 11.9 Å². The number of hydrogen-bond donors (Lipinski definition) is 2. The van der Waals surface area contributed by atoms with Crippen molar-refractivity contribution in [3.05, 3.63) is 29.8 Å². The summed E-state index contributed by atoms with van der Waals surface area (Å²) < 4.78 is 0. The summed E-state index contributed by atoms with van der Waals surface area (Å²) in [6.45, 7) is 8.15. The van der Waals surface area contributed by atoms with Crippen molar-refractivity contribution in [2.75, 3.05) is 18.8 Å². The molecule has 0 saturated carbocycles. The predicted molar refractivity (Wildman–Crippen MR) is 75.1 cm³/mol. The quantitative estimate of drug-likeness (QED) is 0.753. The second kappa shape index (κ2) is 7.01. The van der Waals surface area contributed by atoms with Crippen LogP contribution in [0.4, 0.5) is 5.69 Å². The number of rotatable bonds is 6. The number of carbonyl (C=O) groups excluding carboxylic acids is 1. The summed E-state index contributed by atoms with van der Waals surface area (Å²) in [6, 6.07) is 7.66. The van der Waals surface area contributed by atoms with Gasteiger partial charge in [0.15, 0.2) is 0 Å². The molecular weight excluding hydrogens is 226 g/mol. The largest absolute Gasteiger partial charge is 0.399 e. The third-order valence-corrected chi connectivity index (χ3v) is 3.02. The summed E-state index contributed by atoms with van der Waals surface area (Å²) in [6.07, 6.45) is 0. The van der Waals surface area contributed by atoms with Crippen LogP contribution in [0.1, 0.15) is 26.3 Å². The molecule has 0 heterocycles. The Labute approximate surface area is 109 Å². The minimum atomic E-state index is -0.128. The van der Waals surface area contributed by atoms with E-state index >= 15 is 0 Å². The first-order valence-corrected chi connectivity index (χ1v) is 6.44. The summed E-state index contributed by atoms with van der Waals surface area (Å²) in [5.41, 5.74) is 7.65. The molecule has 0 spiro atoms. The van der Waals surface area contributed by atoms with E-state index in [0.29, 0.717) is 6.54 Å². The molecule has 1 aromatic rings. The number of carbonyl (C=O) groups is 1. The molecule has 0 radical (unpaired) electrons. The molecule has 0 aromatic heterocycles. The maximum atomic E-state index is 11.8. The van der Waals surface area contributed by atoms with Gasteiger partial charge in [-0.05, 0) is 38.1 Å². The Morgan fingerprint density at radius 1 is 1.44 bits per heavy atom. The number of hydrogen-bond acceptors (Lipinski definition) is 3. The summed E-state index contributed by atoms with van der Waals surface area (Å²) in [5.74, 6) is 0.0725. The summed E-state index contributed by atoms with van der Waals surface area (Å²) in [4.78, 5) is 13.9. The van der Waals surface area contributed by atoms with E-state index in [0.717, 1.165) is 24.3 Å². The van der Waals surface area contributed by atoms with Gasteiger partial charge in [0, 0.05) is 18.8 Å². The zero-order chi connectivity index (χ0) is 13.5. The molecule has 0 aliphatic rings. The fourth-order valence-electron chi connectivity index (χ4n) is 1.94. The van der Waals surface area contributed by atoms with Crippen LogP contribution in [0, 0.1) is 0 Å². The normalized spacial score (nSPS) is 12.4. The topological polar surface area (TPSA) is 58.4 Å². The van der Waals surface area contributed by atoms with Gasteiger partial charge in [-0.25, -0.2) is 0 Å². The third kappa shape index (κ3) is 4.04. The number of amides is 1. The zero-order valence-corrected chi connectivity index (χ0v) is 11.4. The van der Waals surface area contributed by atoms with Crippen molar-refractivity contribution in [3.63, 3.8) is 0 Å². The van der Waals surface area contributed by atoms with Gasteiger partial charge in [0.1, 0.15) is 0 Å². The molecule has 1 unspecified atom stereocenters. The van der Waals surface area contributed by atoms with E-state index in [9.17, 15) is 4.79 Å². The number of nitrogens with zero attached hydrogens (tertiary/aromatic N) is 1. The molecule has 1 rings (SSSR count). The maximum absolute atomic E-state index is 11.8. The van der Waals surface area contributed by atoms with Gasteiger partial charge in [-0.3, -0.25) is 9.69 Å². The molecule has 1 atom stereocenters. The first-order chi connectivity index (χ1) is 8.58. The molecule has 3 N–H and O–H groups in total. The van der Waals surface area contributed by atoms with E-state index in [1.807, 2.05) is 38.1 Å². The maximum Gasteiger partial charge on any atom is 0.237 e. The van der Waals surface area contributed by atoms with E-state index < -0.39 is 0 Å². The number of likely N-dealkylation sites (N-methyl/N-ethyl adjacent to an activating group) is 2. The Morgan fingerprint density at radius 3 is 2.72 bits per heavy atom. The predicted octanol–water partition coefficient (Wildman–Crippen LogP) is 1.62. The van der Waals surface area contributed by atoms with Crippen LogP contribution >= 0.6 is 0 Å². The highest BCUT2D eigenvalue weighted by Crippen LogP contribution is 2.11. The van der Waals surface area contributed by atoms with Gasteiger partial charge in [0.2, 0.25) is 5.91 Å². The molecule has 0 aliphatic carbocycles. The number of benzene rings is 1. The van der Waals surface area contributed by atoms with Crippen LogP contribution in [0.2, 0.25) is 0 Å². The van der Waals surface area contributed by atoms with Crippen LogP contribution in [0.5, 0.6) is 0 Å². The zero-order valence-electron chi connectivity index (χ0n) is 11.4. The second-order valence-corrected chi connectivity index (χ2v) is 4.38. The van der Waals surface area contributed by atoms with Crippen molar-refractivity contribution in [3.8, 4) is 0 Å². The third-order valence-electron chi connectivity index (χ3n) is 3.02. The Bertz CT molecular complexity index is 392. The van der Waals surface area contributed by atoms with E-state index in [4.69, 9.17) is 5.73 Å². The van der Waals surface area contributed by atoms with Crippen molar-refractivity contribution >= 4 is 11.6 Å². The van der Waals surface area contributed by atoms with Crippen LogP contribution in [-0.2, 0) is 11.3 Å². The molecule has 0 bridgehead atoms. The molecule has 0 fully saturated rings. The first kappa shape index (κ1) is 14.5. The van der Waals surface area contributed by atoms with E-state index in [1.54, 1.807) is 0 Å². The average molecular weight is 249 g/mol. The van der Waals surface area contributed by atoms with Crippen molar-refractivity contribution in [1.29, 1.82) is 0 Å². The van der Waals surface area contributed by atoms with Gasteiger partial charge in [0.25, 0.3) is 0 Å². The standard InChI is InChI=1S/C14H23N3O/c1-4-16-14(18)11(3)17(5-2)10-12-7-6-8-13(15)9-12/h6-9,11H,4-5,10,15H2,1-3H3,(H,16,18). The lowest BCUT2D eigenvalue weighted by Crippen LogP contribution is -2.44. The summed E-state index contributed by atoms with van der Waals surface area (Å²) >= 11 is 0. The Hall–Kier alpha value is -1.55. The van der Waals surface area contributed by atoms with Gasteiger partial charge >= 0.3 is 0 Å². The molecule has 1 amide bonds. The van der Waals surface area contributed by atoms with E-state index in [2.05, 4.69) is 17.1 Å². The second-order valence-electron chi connectivity index (χ2n) is 4.38. The molecule has 0 saturated heterocycles. The highest BCUT2D eigenvalue weighted by atomic mass is 16.2. The van der Waals surface area contributed by atoms with Crippen LogP contribution in [0.3, 0.4) is 0 Å². The van der Waals surface area contributed by atoms with Crippen molar-refractivity contribution < 1.29 is 4.79 Å². The number of anilines is 1. The fraction of sp³-hybridized carbons (Fsp3) is 0.500. The number of nitrogens with one attached hydrogen (secondary N) is 1. The smallest absolute Gasteiger partial charge is 0.237 e. The summed E-state index contributed by atoms with van der Waals surface area (Å²) in [7, 11) is 0. The lowest BCUT2D eigenvalue weighted by Gasteiger charge is -2.26. The highest BCUT2D eigenvalue weighted by molar-refractivity contribution is 5.81. The van der Waals surface area contributed by atoms with Crippen molar-refractivity contribution in [1.82, 2.24) is 10.2 Å². The lowest BCUT2D eigenvalue weighted by atomic mass is 10.1. The number of nitrogen functional groups attached to an aromatic ring is 1. The average Bonchev–Trinajstić information content (AvgIpc) is 2.35. The van der Waals surface area contributed by atoms with Crippen LogP contribution in [0.15, 0.2) is 24.3 Å². The van der Waals surface area contributed by atoms with Gasteiger partial charge in [0.05, 0.1) is 6.04 Å². The molecule has 18 heavy (non-hydrogen) atoms.